The maximum absolute atomic E-state index is 10.2. The second-order valence-electron chi connectivity index (χ2n) is 2.06. The molecule has 1 rings (SSSR count). The van der Waals surface area contributed by atoms with Crippen molar-refractivity contribution in [1.29, 1.82) is 5.26 Å². The average Bonchev–Trinajstić information content (AvgIpc) is 2.21. The highest BCUT2D eigenvalue weighted by Crippen LogP contribution is 2.13. The Labute approximate surface area is 75.9 Å². The first-order valence-electron chi connectivity index (χ1n) is 3.37. The minimum Gasteiger partial charge on any atom is -0.258 e. The molecule has 0 N–H and O–H groups in total. The van der Waals surface area contributed by atoms with Gasteiger partial charge in [-0.3, -0.25) is 10.1 Å². The molecular weight excluding hydrogens is 168 g/mol. The summed E-state index contributed by atoms with van der Waals surface area (Å²) in [5.74, 6) is 0. The fourth-order valence-electron chi connectivity index (χ4n) is 0.765. The van der Waals surface area contributed by atoms with Gasteiger partial charge in [0.05, 0.1) is 4.92 Å². The highest BCUT2D eigenvalue weighted by atomic mass is 16.6. The van der Waals surface area contributed by atoms with Gasteiger partial charge in [-0.15, -0.1) is 0 Å². The van der Waals surface area contributed by atoms with Crippen molar-refractivity contribution in [2.24, 2.45) is 0 Å². The molecule has 0 atom stereocenters. The summed E-state index contributed by atoms with van der Waals surface area (Å²) in [4.78, 5) is 9.82. The lowest BCUT2D eigenvalue weighted by Gasteiger charge is -1.91. The quantitative estimate of drug-likeness (QED) is 0.513. The maximum atomic E-state index is 10.2. The van der Waals surface area contributed by atoms with Crippen LogP contribution in [0.5, 0.6) is 0 Å². The first kappa shape index (κ1) is 10.8. The lowest BCUT2D eigenvalue weighted by atomic mass is 10.2. The Balaban J connectivity index is 0.000000671. The molecule has 4 nitrogen and oxygen atoms in total. The smallest absolute Gasteiger partial charge is 0.258 e. The lowest BCUT2D eigenvalue weighted by molar-refractivity contribution is -0.384. The van der Waals surface area contributed by atoms with E-state index in [-0.39, 0.29) is 5.69 Å². The molecule has 0 aliphatic heterocycles. The van der Waals surface area contributed by atoms with E-state index in [1.54, 1.807) is 18.2 Å². The molecule has 1 aromatic rings. The number of rotatable bonds is 2. The molecule has 0 fully saturated rings. The number of nitro groups is 1. The Morgan fingerprint density at radius 1 is 1.54 bits per heavy atom. The largest absolute Gasteiger partial charge is 0.270 e. The molecule has 13 heavy (non-hydrogen) atoms. The number of hydrogen-bond donors (Lipinski definition) is 0. The van der Waals surface area contributed by atoms with E-state index >= 15 is 0 Å². The molecule has 0 radical (unpaired) electrons. The summed E-state index contributed by atoms with van der Waals surface area (Å²) < 4.78 is 0. The monoisotopic (exact) mass is 176 g/mol. The molecule has 0 spiro atoms. The van der Waals surface area contributed by atoms with Gasteiger partial charge in [0, 0.05) is 18.7 Å². The van der Waals surface area contributed by atoms with Crippen molar-refractivity contribution in [3.63, 3.8) is 0 Å². The van der Waals surface area contributed by atoms with E-state index < -0.39 is 4.92 Å². The molecule has 0 aromatic heterocycles. The van der Waals surface area contributed by atoms with E-state index in [1.807, 2.05) is 0 Å². The summed E-state index contributed by atoms with van der Waals surface area (Å²) in [6.07, 6.45) is 1.58. The number of benzene rings is 1. The standard InChI is InChI=1S/C8H7NO2.CHN/c1-2-7-4-3-5-8(6-7)9(10)11;1-2/h2-6H,1H2;1H. The second kappa shape index (κ2) is 5.49. The van der Waals surface area contributed by atoms with Crippen LogP contribution in [0.2, 0.25) is 0 Å². The highest BCUT2D eigenvalue weighted by Gasteiger charge is 2.02. The Morgan fingerprint density at radius 2 is 2.15 bits per heavy atom. The van der Waals surface area contributed by atoms with Crippen LogP contribution >= 0.6 is 0 Å². The van der Waals surface area contributed by atoms with Gasteiger partial charge >= 0.3 is 0 Å². The van der Waals surface area contributed by atoms with Crippen LogP contribution in [-0.4, -0.2) is 4.92 Å². The molecular formula is C9H8N2O2. The molecule has 66 valence electrons. The van der Waals surface area contributed by atoms with Gasteiger partial charge in [0.2, 0.25) is 0 Å². The zero-order chi connectivity index (χ0) is 10.3. The third-order valence-electron chi connectivity index (χ3n) is 1.32. The van der Waals surface area contributed by atoms with Gasteiger partial charge in [-0.25, -0.2) is 5.26 Å². The number of nitro benzene ring substituents is 1. The van der Waals surface area contributed by atoms with Crippen LogP contribution in [0.15, 0.2) is 30.8 Å². The summed E-state index contributed by atoms with van der Waals surface area (Å²) in [6, 6.07) is 6.33. The predicted octanol–water partition coefficient (Wildman–Crippen LogP) is 2.38. The van der Waals surface area contributed by atoms with E-state index in [2.05, 4.69) is 13.2 Å². The van der Waals surface area contributed by atoms with Gasteiger partial charge in [0.25, 0.3) is 5.69 Å². The van der Waals surface area contributed by atoms with E-state index in [9.17, 15) is 10.1 Å². The highest BCUT2D eigenvalue weighted by molar-refractivity contribution is 5.51. The van der Waals surface area contributed by atoms with Crippen molar-refractivity contribution in [1.82, 2.24) is 0 Å². The first-order valence-corrected chi connectivity index (χ1v) is 3.37. The lowest BCUT2D eigenvalue weighted by Crippen LogP contribution is -1.86. The Bertz CT molecular complexity index is 331. The molecule has 0 bridgehead atoms. The molecule has 0 amide bonds. The van der Waals surface area contributed by atoms with Crippen molar-refractivity contribution in [2.75, 3.05) is 0 Å². The number of nitrogens with zero attached hydrogens (tertiary/aromatic N) is 2. The third kappa shape index (κ3) is 3.16. The minimum atomic E-state index is -0.424. The van der Waals surface area contributed by atoms with E-state index in [4.69, 9.17) is 5.26 Å². The fraction of sp³-hybridized carbons (Fsp3) is 0. The van der Waals surface area contributed by atoms with Gasteiger partial charge in [0.1, 0.15) is 0 Å². The van der Waals surface area contributed by atoms with Crippen molar-refractivity contribution in [3.8, 4) is 6.57 Å². The molecule has 0 heterocycles. The number of nitriles is 1. The summed E-state index contributed by atoms with van der Waals surface area (Å²) >= 11 is 0. The van der Waals surface area contributed by atoms with Crippen LogP contribution in [0, 0.1) is 21.9 Å². The second-order valence-corrected chi connectivity index (χ2v) is 2.06. The fourth-order valence-corrected chi connectivity index (χ4v) is 0.765. The summed E-state index contributed by atoms with van der Waals surface area (Å²) in [7, 11) is 0. The third-order valence-corrected chi connectivity index (χ3v) is 1.32. The molecule has 4 heteroatoms. The Kier molecular flexibility index (Phi) is 4.59. The van der Waals surface area contributed by atoms with Crippen molar-refractivity contribution < 1.29 is 4.92 Å². The van der Waals surface area contributed by atoms with Gasteiger partial charge in [-0.05, 0) is 5.56 Å². The van der Waals surface area contributed by atoms with E-state index in [1.165, 1.54) is 12.1 Å². The van der Waals surface area contributed by atoms with Gasteiger partial charge in [0.15, 0.2) is 0 Å². The summed E-state index contributed by atoms with van der Waals surface area (Å²) in [5, 5.41) is 16.7. The number of hydrogen-bond acceptors (Lipinski definition) is 3. The van der Waals surface area contributed by atoms with Crippen LogP contribution in [0.3, 0.4) is 0 Å². The van der Waals surface area contributed by atoms with Crippen molar-refractivity contribution in [3.05, 3.63) is 46.5 Å². The van der Waals surface area contributed by atoms with Gasteiger partial charge in [-0.2, -0.15) is 0 Å². The first-order chi connectivity index (χ1) is 6.24. The molecule has 1 aromatic carbocycles. The van der Waals surface area contributed by atoms with Crippen LogP contribution in [0.4, 0.5) is 5.69 Å². The van der Waals surface area contributed by atoms with Gasteiger partial charge in [-0.1, -0.05) is 24.8 Å². The Hall–Kier alpha value is -2.15. The van der Waals surface area contributed by atoms with Crippen LogP contribution in [0.25, 0.3) is 6.08 Å². The van der Waals surface area contributed by atoms with E-state index in [0.29, 0.717) is 0 Å². The topological polar surface area (TPSA) is 66.9 Å². The molecule has 0 unspecified atom stereocenters. The SMILES string of the molecule is C#N.C=Cc1cccc([N+](=O)[O-])c1. The van der Waals surface area contributed by atoms with Crippen LogP contribution < -0.4 is 0 Å². The van der Waals surface area contributed by atoms with Crippen molar-refractivity contribution >= 4 is 11.8 Å². The van der Waals surface area contributed by atoms with Crippen LogP contribution in [0.1, 0.15) is 5.56 Å². The number of non-ortho nitro benzene ring substituents is 1. The van der Waals surface area contributed by atoms with Crippen LogP contribution in [-0.2, 0) is 0 Å². The summed E-state index contributed by atoms with van der Waals surface area (Å²) in [6.45, 7) is 7.01. The molecule has 0 aliphatic carbocycles. The zero-order valence-corrected chi connectivity index (χ0v) is 6.88. The zero-order valence-electron chi connectivity index (χ0n) is 6.88. The average molecular weight is 176 g/mol. The molecule has 0 saturated heterocycles. The normalized spacial score (nSPS) is 7.85. The Morgan fingerprint density at radius 3 is 2.62 bits per heavy atom. The molecule has 0 saturated carbocycles. The van der Waals surface area contributed by atoms with Gasteiger partial charge < -0.3 is 0 Å². The maximum Gasteiger partial charge on any atom is 0.270 e. The summed E-state index contributed by atoms with van der Waals surface area (Å²) in [5.41, 5.74) is 0.863. The minimum absolute atomic E-state index is 0.0994. The van der Waals surface area contributed by atoms with E-state index in [0.717, 1.165) is 5.56 Å². The predicted molar refractivity (Wildman–Crippen MR) is 49.9 cm³/mol. The van der Waals surface area contributed by atoms with Crippen molar-refractivity contribution in [2.45, 2.75) is 0 Å². The molecule has 0 aliphatic rings.